The number of nitrogens with zero attached hydrogens (tertiary/aromatic N) is 1. The molecule has 26 heavy (non-hydrogen) atoms. The topological polar surface area (TPSA) is 61.4 Å². The summed E-state index contributed by atoms with van der Waals surface area (Å²) in [5.41, 5.74) is 2.66. The zero-order valence-corrected chi connectivity index (χ0v) is 15.7. The lowest BCUT2D eigenvalue weighted by atomic mass is 10.1. The molecular formula is C20H25N3O2S. The highest BCUT2D eigenvalue weighted by Crippen LogP contribution is 2.28. The van der Waals surface area contributed by atoms with Gasteiger partial charge in [-0.3, -0.25) is 9.59 Å². The Morgan fingerprint density at radius 3 is 2.65 bits per heavy atom. The van der Waals surface area contributed by atoms with Gasteiger partial charge in [0, 0.05) is 37.0 Å². The van der Waals surface area contributed by atoms with Crippen molar-refractivity contribution in [3.8, 4) is 0 Å². The molecule has 1 aromatic carbocycles. The third-order valence-electron chi connectivity index (χ3n) is 4.52. The molecule has 2 N–H and O–H groups in total. The maximum Gasteiger partial charge on any atom is 0.252 e. The third kappa shape index (κ3) is 5.08. The van der Waals surface area contributed by atoms with E-state index in [4.69, 9.17) is 0 Å². The van der Waals surface area contributed by atoms with E-state index in [0.717, 1.165) is 24.5 Å². The molecule has 2 amide bonds. The fraction of sp³-hybridized carbons (Fsp3) is 0.400. The van der Waals surface area contributed by atoms with Gasteiger partial charge in [-0.05, 0) is 49.3 Å². The summed E-state index contributed by atoms with van der Waals surface area (Å²) in [6.07, 6.45) is 4.69. The van der Waals surface area contributed by atoms with Crippen LogP contribution in [0.25, 0.3) is 0 Å². The van der Waals surface area contributed by atoms with Gasteiger partial charge in [0.05, 0.1) is 11.4 Å². The Kier molecular flexibility index (Phi) is 6.66. The number of amides is 2. The number of carbonyl (C=O) groups excluding carboxylic acids is 2. The Bertz CT molecular complexity index is 724. The van der Waals surface area contributed by atoms with Crippen molar-refractivity contribution in [3.63, 3.8) is 0 Å². The minimum absolute atomic E-state index is 0.0146. The largest absolute Gasteiger partial charge is 0.370 e. The maximum atomic E-state index is 12.3. The van der Waals surface area contributed by atoms with Crippen LogP contribution in [0.2, 0.25) is 0 Å². The molecule has 1 saturated heterocycles. The molecule has 2 aromatic rings. The number of carbonyl (C=O) groups is 2. The molecule has 0 atom stereocenters. The van der Waals surface area contributed by atoms with Crippen LogP contribution in [0, 0.1) is 0 Å². The van der Waals surface area contributed by atoms with Gasteiger partial charge in [-0.2, -0.15) is 11.3 Å². The van der Waals surface area contributed by atoms with Crippen LogP contribution in [0.4, 0.5) is 11.4 Å². The molecule has 0 spiro atoms. The summed E-state index contributed by atoms with van der Waals surface area (Å²) in [7, 11) is 0. The van der Waals surface area contributed by atoms with E-state index in [9.17, 15) is 9.59 Å². The monoisotopic (exact) mass is 371 g/mol. The van der Waals surface area contributed by atoms with Gasteiger partial charge in [-0.25, -0.2) is 0 Å². The van der Waals surface area contributed by atoms with Gasteiger partial charge in [-0.1, -0.05) is 12.1 Å². The van der Waals surface area contributed by atoms with Crippen molar-refractivity contribution < 1.29 is 9.59 Å². The molecule has 1 aliphatic rings. The number of nitrogens with one attached hydrogen (secondary N) is 2. The summed E-state index contributed by atoms with van der Waals surface area (Å²) in [5, 5.41) is 9.57. The minimum atomic E-state index is -0.0814. The van der Waals surface area contributed by atoms with Gasteiger partial charge in [0.2, 0.25) is 5.91 Å². The standard InChI is InChI=1S/C20H25N3O2S/c24-19(9-6-11-21-20(25)16-10-14-26-15-16)22-17-7-2-3-8-18(17)23-12-4-1-5-13-23/h2-3,7-8,10,14-15H,1,4-6,9,11-13H2,(H,21,25)(H,22,24). The van der Waals surface area contributed by atoms with Gasteiger partial charge in [-0.15, -0.1) is 0 Å². The van der Waals surface area contributed by atoms with Crippen molar-refractivity contribution in [2.24, 2.45) is 0 Å². The molecule has 1 aromatic heterocycles. The molecule has 0 bridgehead atoms. The van der Waals surface area contributed by atoms with E-state index in [1.54, 1.807) is 6.07 Å². The Labute approximate surface area is 158 Å². The van der Waals surface area contributed by atoms with E-state index in [0.29, 0.717) is 24.9 Å². The number of anilines is 2. The SMILES string of the molecule is O=C(CCCNC(=O)c1ccsc1)Nc1ccccc1N1CCCCC1. The van der Waals surface area contributed by atoms with Gasteiger partial charge in [0.25, 0.3) is 5.91 Å². The van der Waals surface area contributed by atoms with Crippen molar-refractivity contribution in [2.75, 3.05) is 29.9 Å². The van der Waals surface area contributed by atoms with E-state index in [1.165, 1.54) is 30.6 Å². The second kappa shape index (κ2) is 9.38. The maximum absolute atomic E-state index is 12.3. The summed E-state index contributed by atoms with van der Waals surface area (Å²) in [6.45, 7) is 2.58. The molecule has 1 fully saturated rings. The molecule has 3 rings (SSSR count). The van der Waals surface area contributed by atoms with Gasteiger partial charge in [0.1, 0.15) is 0 Å². The van der Waals surface area contributed by atoms with Crippen molar-refractivity contribution in [2.45, 2.75) is 32.1 Å². The second-order valence-electron chi connectivity index (χ2n) is 6.48. The van der Waals surface area contributed by atoms with E-state index >= 15 is 0 Å². The smallest absolute Gasteiger partial charge is 0.252 e. The predicted octanol–water partition coefficient (Wildman–Crippen LogP) is 3.89. The molecule has 0 radical (unpaired) electrons. The number of thiophene rings is 1. The highest BCUT2D eigenvalue weighted by Gasteiger charge is 2.15. The van der Waals surface area contributed by atoms with Crippen LogP contribution in [-0.2, 0) is 4.79 Å². The quantitative estimate of drug-likeness (QED) is 0.726. The predicted molar refractivity (Wildman–Crippen MR) is 107 cm³/mol. The molecule has 1 aliphatic heterocycles. The number of rotatable bonds is 7. The van der Waals surface area contributed by atoms with Crippen molar-refractivity contribution in [3.05, 3.63) is 46.7 Å². The summed E-state index contributed by atoms with van der Waals surface area (Å²) >= 11 is 1.50. The average molecular weight is 372 g/mol. The van der Waals surface area contributed by atoms with Crippen molar-refractivity contribution >= 4 is 34.5 Å². The van der Waals surface area contributed by atoms with E-state index < -0.39 is 0 Å². The van der Waals surface area contributed by atoms with Gasteiger partial charge >= 0.3 is 0 Å². The molecular weight excluding hydrogens is 346 g/mol. The highest BCUT2D eigenvalue weighted by atomic mass is 32.1. The normalized spacial score (nSPS) is 14.1. The molecule has 0 saturated carbocycles. The summed E-state index contributed by atoms with van der Waals surface area (Å²) < 4.78 is 0. The van der Waals surface area contributed by atoms with E-state index in [-0.39, 0.29) is 11.8 Å². The van der Waals surface area contributed by atoms with Crippen LogP contribution in [0.5, 0.6) is 0 Å². The fourth-order valence-electron chi connectivity index (χ4n) is 3.15. The van der Waals surface area contributed by atoms with Gasteiger partial charge < -0.3 is 15.5 Å². The fourth-order valence-corrected chi connectivity index (χ4v) is 3.79. The summed E-state index contributed by atoms with van der Waals surface area (Å²) in [4.78, 5) is 26.5. The minimum Gasteiger partial charge on any atom is -0.370 e. The van der Waals surface area contributed by atoms with Crippen LogP contribution in [0.3, 0.4) is 0 Å². The lowest BCUT2D eigenvalue weighted by Crippen LogP contribution is -2.30. The lowest BCUT2D eigenvalue weighted by molar-refractivity contribution is -0.116. The van der Waals surface area contributed by atoms with Crippen LogP contribution < -0.4 is 15.5 Å². The average Bonchev–Trinajstić information content (AvgIpc) is 3.21. The van der Waals surface area contributed by atoms with Crippen LogP contribution in [0.1, 0.15) is 42.5 Å². The number of benzene rings is 1. The molecule has 0 aliphatic carbocycles. The first-order valence-electron chi connectivity index (χ1n) is 9.18. The Morgan fingerprint density at radius 2 is 1.88 bits per heavy atom. The van der Waals surface area contributed by atoms with E-state index in [2.05, 4.69) is 21.6 Å². The number of piperidine rings is 1. The molecule has 0 unspecified atom stereocenters. The molecule has 138 valence electrons. The van der Waals surface area contributed by atoms with Crippen molar-refractivity contribution in [1.29, 1.82) is 0 Å². The molecule has 6 heteroatoms. The van der Waals surface area contributed by atoms with Crippen LogP contribution in [-0.4, -0.2) is 31.4 Å². The lowest BCUT2D eigenvalue weighted by Gasteiger charge is -2.30. The summed E-state index contributed by atoms with van der Waals surface area (Å²) in [5.74, 6) is -0.0960. The van der Waals surface area contributed by atoms with Gasteiger partial charge in [0.15, 0.2) is 0 Å². The van der Waals surface area contributed by atoms with E-state index in [1.807, 2.05) is 29.0 Å². The zero-order chi connectivity index (χ0) is 18.2. The number of hydrogen-bond acceptors (Lipinski definition) is 4. The molecule has 2 heterocycles. The number of hydrogen-bond donors (Lipinski definition) is 2. The number of para-hydroxylation sites is 2. The second-order valence-corrected chi connectivity index (χ2v) is 7.26. The first-order chi connectivity index (χ1) is 12.7. The van der Waals surface area contributed by atoms with Crippen LogP contribution >= 0.6 is 11.3 Å². The Hall–Kier alpha value is -2.34. The third-order valence-corrected chi connectivity index (χ3v) is 5.21. The van der Waals surface area contributed by atoms with Crippen molar-refractivity contribution in [1.82, 2.24) is 5.32 Å². The molecule has 5 nitrogen and oxygen atoms in total. The highest BCUT2D eigenvalue weighted by molar-refractivity contribution is 7.08. The zero-order valence-electron chi connectivity index (χ0n) is 14.9. The summed E-state index contributed by atoms with van der Waals surface area (Å²) in [6, 6.07) is 9.79. The Balaban J connectivity index is 1.45. The Morgan fingerprint density at radius 1 is 1.08 bits per heavy atom. The first kappa shape index (κ1) is 18.5. The first-order valence-corrected chi connectivity index (χ1v) is 10.1. The van der Waals surface area contributed by atoms with Crippen LogP contribution in [0.15, 0.2) is 41.1 Å².